The van der Waals surface area contributed by atoms with Crippen molar-refractivity contribution >= 4 is 18.0 Å². The standard InChI is InChI=1S/C15H19NO3/c1-5-16(8-9-17)15(19)14(18)13-7-6-10(2)11(3)12(13)4/h6-7,9H,5,8H2,1-4H3. The number of ketones is 1. The van der Waals surface area contributed by atoms with E-state index in [0.717, 1.165) is 16.7 Å². The minimum absolute atomic E-state index is 0.0506. The van der Waals surface area contributed by atoms with Crippen molar-refractivity contribution in [2.45, 2.75) is 27.7 Å². The smallest absolute Gasteiger partial charge is 0.295 e. The van der Waals surface area contributed by atoms with Crippen molar-refractivity contribution in [2.75, 3.05) is 13.1 Å². The summed E-state index contributed by atoms with van der Waals surface area (Å²) in [5.41, 5.74) is 3.33. The molecule has 0 atom stereocenters. The molecule has 0 aliphatic rings. The van der Waals surface area contributed by atoms with E-state index in [4.69, 9.17) is 0 Å². The lowest BCUT2D eigenvalue weighted by atomic mass is 9.96. The highest BCUT2D eigenvalue weighted by molar-refractivity contribution is 6.43. The number of likely N-dealkylation sites (N-methyl/N-ethyl adjacent to an activating group) is 1. The number of amides is 1. The first kappa shape index (κ1) is 15.1. The van der Waals surface area contributed by atoms with Gasteiger partial charge in [-0.3, -0.25) is 9.59 Å². The molecule has 0 spiro atoms. The summed E-state index contributed by atoms with van der Waals surface area (Å²) in [6, 6.07) is 3.51. The predicted molar refractivity (Wildman–Crippen MR) is 73.3 cm³/mol. The van der Waals surface area contributed by atoms with Crippen LogP contribution in [-0.2, 0) is 9.59 Å². The summed E-state index contributed by atoms with van der Waals surface area (Å²) in [6.07, 6.45) is 0.627. The molecule has 0 fully saturated rings. The van der Waals surface area contributed by atoms with Gasteiger partial charge >= 0.3 is 0 Å². The Labute approximate surface area is 113 Å². The molecule has 0 heterocycles. The zero-order chi connectivity index (χ0) is 14.6. The van der Waals surface area contributed by atoms with Crippen LogP contribution in [-0.4, -0.2) is 36.0 Å². The van der Waals surface area contributed by atoms with E-state index < -0.39 is 11.7 Å². The average molecular weight is 261 g/mol. The molecule has 0 aromatic heterocycles. The Kier molecular flexibility index (Phi) is 4.98. The number of aldehydes is 1. The highest BCUT2D eigenvalue weighted by Crippen LogP contribution is 2.18. The largest absolute Gasteiger partial charge is 0.329 e. The van der Waals surface area contributed by atoms with E-state index >= 15 is 0 Å². The molecule has 1 aromatic carbocycles. The molecule has 102 valence electrons. The third-order valence-corrected chi connectivity index (χ3v) is 3.46. The lowest BCUT2D eigenvalue weighted by Gasteiger charge is -2.18. The number of nitrogens with zero attached hydrogens (tertiary/aromatic N) is 1. The van der Waals surface area contributed by atoms with Crippen LogP contribution in [0, 0.1) is 20.8 Å². The molecule has 0 aliphatic carbocycles. The Bertz CT molecular complexity index is 520. The maximum atomic E-state index is 12.2. The second kappa shape index (κ2) is 6.27. The molecule has 0 saturated heterocycles. The van der Waals surface area contributed by atoms with Gasteiger partial charge in [0.25, 0.3) is 11.7 Å². The highest BCUT2D eigenvalue weighted by Gasteiger charge is 2.23. The van der Waals surface area contributed by atoms with E-state index in [0.29, 0.717) is 18.4 Å². The molecule has 4 nitrogen and oxygen atoms in total. The zero-order valence-corrected chi connectivity index (χ0v) is 11.8. The summed E-state index contributed by atoms with van der Waals surface area (Å²) in [5.74, 6) is -1.18. The normalized spacial score (nSPS) is 10.1. The van der Waals surface area contributed by atoms with Gasteiger partial charge in [0.2, 0.25) is 0 Å². The van der Waals surface area contributed by atoms with E-state index in [-0.39, 0.29) is 6.54 Å². The summed E-state index contributed by atoms with van der Waals surface area (Å²) < 4.78 is 0. The van der Waals surface area contributed by atoms with Gasteiger partial charge in [-0.2, -0.15) is 0 Å². The first-order valence-corrected chi connectivity index (χ1v) is 6.28. The van der Waals surface area contributed by atoms with Crippen LogP contribution in [0.5, 0.6) is 0 Å². The molecule has 0 unspecified atom stereocenters. The van der Waals surface area contributed by atoms with Gasteiger partial charge in [-0.1, -0.05) is 12.1 Å². The van der Waals surface area contributed by atoms with Crippen LogP contribution in [0.25, 0.3) is 0 Å². The van der Waals surface area contributed by atoms with Crippen molar-refractivity contribution in [1.29, 1.82) is 0 Å². The number of benzene rings is 1. The van der Waals surface area contributed by atoms with Gasteiger partial charge in [-0.25, -0.2) is 0 Å². The lowest BCUT2D eigenvalue weighted by Crippen LogP contribution is -2.38. The fraction of sp³-hybridized carbons (Fsp3) is 0.400. The van der Waals surface area contributed by atoms with Gasteiger partial charge in [0.15, 0.2) is 0 Å². The fourth-order valence-corrected chi connectivity index (χ4v) is 1.91. The fourth-order valence-electron chi connectivity index (χ4n) is 1.91. The van der Waals surface area contributed by atoms with Gasteiger partial charge in [0, 0.05) is 12.1 Å². The highest BCUT2D eigenvalue weighted by atomic mass is 16.2. The summed E-state index contributed by atoms with van der Waals surface area (Å²) in [5, 5.41) is 0. The van der Waals surface area contributed by atoms with Crippen LogP contribution in [0.3, 0.4) is 0 Å². The van der Waals surface area contributed by atoms with Crippen molar-refractivity contribution in [3.63, 3.8) is 0 Å². The van der Waals surface area contributed by atoms with Crippen molar-refractivity contribution in [1.82, 2.24) is 4.90 Å². The molecule has 0 bridgehead atoms. The maximum Gasteiger partial charge on any atom is 0.295 e. The monoisotopic (exact) mass is 261 g/mol. The van der Waals surface area contributed by atoms with Gasteiger partial charge in [-0.15, -0.1) is 0 Å². The molecule has 19 heavy (non-hydrogen) atoms. The third kappa shape index (κ3) is 3.08. The number of carbonyl (C=O) groups excluding carboxylic acids is 3. The molecular formula is C15H19NO3. The number of rotatable bonds is 5. The lowest BCUT2D eigenvalue weighted by molar-refractivity contribution is -0.128. The van der Waals surface area contributed by atoms with Crippen LogP contribution < -0.4 is 0 Å². The Hall–Kier alpha value is -1.97. The van der Waals surface area contributed by atoms with Crippen molar-refractivity contribution in [3.8, 4) is 0 Å². The molecule has 1 amide bonds. The summed E-state index contributed by atoms with van der Waals surface area (Å²) in [7, 11) is 0. The quantitative estimate of drug-likeness (QED) is 0.461. The van der Waals surface area contributed by atoms with Crippen LogP contribution in [0.2, 0.25) is 0 Å². The molecule has 1 aromatic rings. The first-order chi connectivity index (χ1) is 8.93. The van der Waals surface area contributed by atoms with Crippen LogP contribution in [0.15, 0.2) is 12.1 Å². The minimum atomic E-state index is -0.624. The van der Waals surface area contributed by atoms with E-state index in [2.05, 4.69) is 0 Å². The van der Waals surface area contributed by atoms with Gasteiger partial charge < -0.3 is 9.69 Å². The molecule has 0 radical (unpaired) electrons. The van der Waals surface area contributed by atoms with E-state index in [9.17, 15) is 14.4 Å². The van der Waals surface area contributed by atoms with Gasteiger partial charge in [0.05, 0.1) is 6.54 Å². The summed E-state index contributed by atoms with van der Waals surface area (Å²) in [4.78, 5) is 36.0. The Morgan fingerprint density at radius 2 is 1.79 bits per heavy atom. The Morgan fingerprint density at radius 1 is 1.16 bits per heavy atom. The molecule has 0 aliphatic heterocycles. The second-order valence-corrected chi connectivity index (χ2v) is 4.52. The molecule has 1 rings (SSSR count). The SMILES string of the molecule is CCN(CC=O)C(=O)C(=O)c1ccc(C)c(C)c1C. The Balaban J connectivity index is 3.10. The molecular weight excluding hydrogens is 242 g/mol. The van der Waals surface area contributed by atoms with E-state index in [1.54, 1.807) is 13.0 Å². The van der Waals surface area contributed by atoms with Gasteiger partial charge in [0.1, 0.15) is 6.29 Å². The van der Waals surface area contributed by atoms with E-state index in [1.807, 2.05) is 26.8 Å². The molecule has 0 saturated carbocycles. The van der Waals surface area contributed by atoms with Crippen LogP contribution >= 0.6 is 0 Å². The molecule has 4 heteroatoms. The van der Waals surface area contributed by atoms with Crippen molar-refractivity contribution < 1.29 is 14.4 Å². The van der Waals surface area contributed by atoms with E-state index in [1.165, 1.54) is 4.90 Å². The predicted octanol–water partition coefficient (Wildman–Crippen LogP) is 1.84. The van der Waals surface area contributed by atoms with Gasteiger partial charge in [-0.05, 0) is 44.4 Å². The van der Waals surface area contributed by atoms with Crippen LogP contribution in [0.1, 0.15) is 34.0 Å². The average Bonchev–Trinajstić information content (AvgIpc) is 2.41. The number of carbonyl (C=O) groups is 3. The molecule has 0 N–H and O–H groups in total. The maximum absolute atomic E-state index is 12.2. The Morgan fingerprint density at radius 3 is 2.32 bits per heavy atom. The minimum Gasteiger partial charge on any atom is -0.329 e. The number of aryl methyl sites for hydroxylation is 1. The number of hydrogen-bond acceptors (Lipinski definition) is 3. The first-order valence-electron chi connectivity index (χ1n) is 6.28. The second-order valence-electron chi connectivity index (χ2n) is 4.52. The van der Waals surface area contributed by atoms with Crippen LogP contribution in [0.4, 0.5) is 0 Å². The summed E-state index contributed by atoms with van der Waals surface area (Å²) in [6.45, 7) is 7.75. The summed E-state index contributed by atoms with van der Waals surface area (Å²) >= 11 is 0. The third-order valence-electron chi connectivity index (χ3n) is 3.46. The number of hydrogen-bond donors (Lipinski definition) is 0. The zero-order valence-electron chi connectivity index (χ0n) is 11.8. The van der Waals surface area contributed by atoms with Crippen molar-refractivity contribution in [3.05, 3.63) is 34.4 Å². The number of Topliss-reactive ketones (excluding diaryl/α,β-unsaturated/α-hetero) is 1. The van der Waals surface area contributed by atoms with Crippen molar-refractivity contribution in [2.24, 2.45) is 0 Å². The topological polar surface area (TPSA) is 54.5 Å².